The fourth-order valence-corrected chi connectivity index (χ4v) is 4.70. The number of rotatable bonds is 7. The van der Waals surface area contributed by atoms with Crippen LogP contribution in [0.15, 0.2) is 85.1 Å². The minimum atomic E-state index is -4.54. The largest absolute Gasteiger partial charge is 0.491 e. The highest BCUT2D eigenvalue weighted by Crippen LogP contribution is 2.40. The van der Waals surface area contributed by atoms with Crippen LogP contribution in [0.2, 0.25) is 0 Å². The Hall–Kier alpha value is -5.12. The first kappa shape index (κ1) is 27.4. The third-order valence-electron chi connectivity index (χ3n) is 6.42. The molecule has 2 heterocycles. The number of hydrogen-bond donors (Lipinski definition) is 2. The molecule has 0 bridgehead atoms. The lowest BCUT2D eigenvalue weighted by Crippen LogP contribution is -2.09. The van der Waals surface area contributed by atoms with Gasteiger partial charge in [0.05, 0.1) is 28.4 Å². The summed E-state index contributed by atoms with van der Waals surface area (Å²) in [4.78, 5) is 28.5. The van der Waals surface area contributed by atoms with E-state index in [2.05, 4.69) is 4.98 Å². The third-order valence-corrected chi connectivity index (χ3v) is 6.42. The van der Waals surface area contributed by atoms with Crippen molar-refractivity contribution in [2.75, 3.05) is 0 Å². The first-order valence-electron chi connectivity index (χ1n) is 12.5. The maximum absolute atomic E-state index is 13.1. The van der Waals surface area contributed by atoms with Crippen LogP contribution in [0.5, 0.6) is 5.75 Å². The van der Waals surface area contributed by atoms with Gasteiger partial charge in [0.1, 0.15) is 11.4 Å². The molecule has 0 amide bonds. The van der Waals surface area contributed by atoms with E-state index in [1.165, 1.54) is 24.3 Å². The number of halogens is 3. The average molecular weight is 561 g/mol. The van der Waals surface area contributed by atoms with Gasteiger partial charge < -0.3 is 19.5 Å². The van der Waals surface area contributed by atoms with Crippen LogP contribution < -0.4 is 4.74 Å². The van der Waals surface area contributed by atoms with E-state index in [1.54, 1.807) is 53.1 Å². The van der Waals surface area contributed by atoms with E-state index in [1.807, 2.05) is 13.8 Å². The van der Waals surface area contributed by atoms with Gasteiger partial charge in [0.15, 0.2) is 0 Å². The minimum Gasteiger partial charge on any atom is -0.491 e. The molecule has 0 aliphatic heterocycles. The molecule has 0 aliphatic rings. The molecule has 0 unspecified atom stereocenters. The Labute approximate surface area is 232 Å². The zero-order valence-corrected chi connectivity index (χ0v) is 21.8. The molecule has 5 aromatic rings. The van der Waals surface area contributed by atoms with Gasteiger partial charge in [-0.05, 0) is 80.1 Å². The fourth-order valence-electron chi connectivity index (χ4n) is 4.70. The molecule has 0 spiro atoms. The number of carboxylic acids is 2. The highest BCUT2D eigenvalue weighted by atomic mass is 19.4. The molecular formula is C31H23F3N2O5. The molecular weight excluding hydrogens is 537 g/mol. The summed E-state index contributed by atoms with van der Waals surface area (Å²) >= 11 is 0. The topological polar surface area (TPSA) is 102 Å². The van der Waals surface area contributed by atoms with E-state index in [0.717, 1.165) is 12.3 Å². The van der Waals surface area contributed by atoms with Crippen molar-refractivity contribution in [3.05, 3.63) is 102 Å². The number of aromatic nitrogens is 2. The summed E-state index contributed by atoms with van der Waals surface area (Å²) in [5.41, 5.74) is 1.29. The molecule has 0 atom stereocenters. The Morgan fingerprint density at radius 3 is 2.20 bits per heavy atom. The number of nitrogens with zero attached hydrogens (tertiary/aromatic N) is 2. The SMILES string of the molecule is CC(C)Oc1ccc(-n2c(C(=O)O)c(-c3cccc(C(=O)O)c3)c3cc(-c4ccc(C(F)(F)F)cn4)ccc32)cc1. The van der Waals surface area contributed by atoms with Gasteiger partial charge in [-0.2, -0.15) is 13.2 Å². The van der Waals surface area contributed by atoms with Crippen LogP contribution in [0, 0.1) is 0 Å². The fraction of sp³-hybridized carbons (Fsp3) is 0.129. The standard InChI is InChI=1S/C31H23F3N2O5/c1-17(2)41-23-10-8-22(9-11-23)36-26-13-6-18(25-12-7-21(16-35-25)31(32,33)34)15-24(26)27(28(36)30(39)40)19-4-3-5-20(14-19)29(37)38/h3-17H,1-2H3,(H,37,38)(H,39,40). The van der Waals surface area contributed by atoms with Crippen molar-refractivity contribution >= 4 is 22.8 Å². The monoisotopic (exact) mass is 560 g/mol. The van der Waals surface area contributed by atoms with Crippen molar-refractivity contribution in [3.8, 4) is 33.8 Å². The number of benzene rings is 3. The van der Waals surface area contributed by atoms with Crippen molar-refractivity contribution in [2.45, 2.75) is 26.1 Å². The number of carbonyl (C=O) groups is 2. The molecule has 5 rings (SSSR count). The van der Waals surface area contributed by atoms with E-state index in [-0.39, 0.29) is 28.6 Å². The van der Waals surface area contributed by atoms with E-state index in [9.17, 15) is 33.0 Å². The minimum absolute atomic E-state index is 0.0320. The van der Waals surface area contributed by atoms with E-state index in [4.69, 9.17) is 4.74 Å². The van der Waals surface area contributed by atoms with Gasteiger partial charge in [0.25, 0.3) is 0 Å². The molecule has 208 valence electrons. The van der Waals surface area contributed by atoms with Gasteiger partial charge in [-0.1, -0.05) is 18.2 Å². The van der Waals surface area contributed by atoms with Gasteiger partial charge in [-0.15, -0.1) is 0 Å². The summed E-state index contributed by atoms with van der Waals surface area (Å²) < 4.78 is 46.5. The average Bonchev–Trinajstić information content (AvgIpc) is 3.28. The van der Waals surface area contributed by atoms with Crippen molar-refractivity contribution in [1.82, 2.24) is 9.55 Å². The summed E-state index contributed by atoms with van der Waals surface area (Å²) in [7, 11) is 0. The predicted octanol–water partition coefficient (Wildman–Crippen LogP) is 7.56. The number of ether oxygens (including phenoxy) is 1. The number of hydrogen-bond acceptors (Lipinski definition) is 4. The number of carboxylic acid groups (broad SMARTS) is 2. The number of pyridine rings is 1. The van der Waals surface area contributed by atoms with E-state index >= 15 is 0 Å². The van der Waals surface area contributed by atoms with Crippen molar-refractivity contribution in [1.29, 1.82) is 0 Å². The molecule has 2 N–H and O–H groups in total. The number of aromatic carboxylic acids is 2. The van der Waals surface area contributed by atoms with Gasteiger partial charge in [0, 0.05) is 28.4 Å². The van der Waals surface area contributed by atoms with Gasteiger partial charge >= 0.3 is 18.1 Å². The molecule has 7 nitrogen and oxygen atoms in total. The third kappa shape index (κ3) is 5.36. The smallest absolute Gasteiger partial charge is 0.417 e. The quantitative estimate of drug-likeness (QED) is 0.213. The van der Waals surface area contributed by atoms with Crippen LogP contribution in [0.4, 0.5) is 13.2 Å². The second-order valence-electron chi connectivity index (χ2n) is 9.57. The van der Waals surface area contributed by atoms with Crippen molar-refractivity contribution < 1.29 is 37.7 Å². The van der Waals surface area contributed by atoms with Crippen LogP contribution in [0.1, 0.15) is 40.3 Å². The van der Waals surface area contributed by atoms with Crippen LogP contribution >= 0.6 is 0 Å². The molecule has 0 aliphatic carbocycles. The summed E-state index contributed by atoms with van der Waals surface area (Å²) in [6.07, 6.45) is -3.86. The Bertz CT molecular complexity index is 1770. The lowest BCUT2D eigenvalue weighted by molar-refractivity contribution is -0.137. The van der Waals surface area contributed by atoms with Crippen molar-refractivity contribution in [3.63, 3.8) is 0 Å². The lowest BCUT2D eigenvalue weighted by Gasteiger charge is -2.13. The molecule has 3 aromatic carbocycles. The molecule has 0 saturated heterocycles. The van der Waals surface area contributed by atoms with Gasteiger partial charge in [-0.3, -0.25) is 4.98 Å². The summed E-state index contributed by atoms with van der Waals surface area (Å²) in [5, 5.41) is 20.5. The van der Waals surface area contributed by atoms with Gasteiger partial charge in [-0.25, -0.2) is 9.59 Å². The predicted molar refractivity (Wildman–Crippen MR) is 147 cm³/mol. The van der Waals surface area contributed by atoms with Crippen LogP contribution in [-0.4, -0.2) is 37.8 Å². The summed E-state index contributed by atoms with van der Waals surface area (Å²) in [6.45, 7) is 3.77. The zero-order chi connectivity index (χ0) is 29.5. The van der Waals surface area contributed by atoms with Crippen LogP contribution in [0.3, 0.4) is 0 Å². The number of fused-ring (bicyclic) bond motifs is 1. The normalized spacial score (nSPS) is 11.7. The Balaban J connectivity index is 1.78. The molecule has 0 saturated carbocycles. The number of alkyl halides is 3. The maximum Gasteiger partial charge on any atom is 0.417 e. The maximum atomic E-state index is 13.1. The van der Waals surface area contributed by atoms with Crippen LogP contribution in [0.25, 0.3) is 39.0 Å². The highest BCUT2D eigenvalue weighted by Gasteiger charge is 2.31. The van der Waals surface area contributed by atoms with Gasteiger partial charge in [0.2, 0.25) is 0 Å². The Morgan fingerprint density at radius 1 is 0.878 bits per heavy atom. The molecule has 0 radical (unpaired) electrons. The summed E-state index contributed by atoms with van der Waals surface area (Å²) in [6, 6.07) is 19.9. The lowest BCUT2D eigenvalue weighted by atomic mass is 9.98. The van der Waals surface area contributed by atoms with Crippen LogP contribution in [-0.2, 0) is 6.18 Å². The molecule has 41 heavy (non-hydrogen) atoms. The first-order chi connectivity index (χ1) is 19.4. The van der Waals surface area contributed by atoms with Crippen molar-refractivity contribution in [2.24, 2.45) is 0 Å². The Kier molecular flexibility index (Phi) is 7.00. The zero-order valence-electron chi connectivity index (χ0n) is 21.8. The first-order valence-corrected chi connectivity index (χ1v) is 12.5. The van der Waals surface area contributed by atoms with E-state index < -0.39 is 23.7 Å². The highest BCUT2D eigenvalue weighted by molar-refractivity contribution is 6.10. The molecule has 2 aromatic heterocycles. The molecule has 0 fully saturated rings. The summed E-state index contributed by atoms with van der Waals surface area (Å²) in [5.74, 6) is -1.83. The second-order valence-corrected chi connectivity index (χ2v) is 9.57. The second kappa shape index (κ2) is 10.5. The van der Waals surface area contributed by atoms with E-state index in [0.29, 0.717) is 33.5 Å². The Morgan fingerprint density at radius 2 is 1.61 bits per heavy atom. The molecule has 10 heteroatoms.